The van der Waals surface area contributed by atoms with E-state index in [-0.39, 0.29) is 12.5 Å². The second kappa shape index (κ2) is 11.0. The van der Waals surface area contributed by atoms with Crippen LogP contribution in [0.4, 0.5) is 26.2 Å². The summed E-state index contributed by atoms with van der Waals surface area (Å²) in [7, 11) is 0. The number of hydrogen-bond acceptors (Lipinski definition) is 6. The maximum atomic E-state index is 12.5. The number of carbonyl (C=O) groups is 2. The van der Waals surface area contributed by atoms with E-state index in [2.05, 4.69) is 26.8 Å². The molecule has 0 atom stereocenters. The van der Waals surface area contributed by atoms with Gasteiger partial charge in [-0.25, -0.2) is 10.2 Å². The highest BCUT2D eigenvalue weighted by molar-refractivity contribution is 7.80. The van der Waals surface area contributed by atoms with E-state index in [1.165, 1.54) is 11.3 Å². The lowest BCUT2D eigenvalue weighted by atomic mass is 10.2. The van der Waals surface area contributed by atoms with Crippen molar-refractivity contribution in [2.75, 3.05) is 28.0 Å². The third-order valence-electron chi connectivity index (χ3n) is 3.84. The van der Waals surface area contributed by atoms with Crippen LogP contribution in [0.1, 0.15) is 17.3 Å². The molecule has 0 aliphatic carbocycles. The highest BCUT2D eigenvalue weighted by atomic mass is 32.1. The van der Waals surface area contributed by atoms with Gasteiger partial charge in [0.05, 0.1) is 11.6 Å². The van der Waals surface area contributed by atoms with E-state index in [0.717, 1.165) is 11.4 Å². The van der Waals surface area contributed by atoms with Crippen molar-refractivity contribution in [1.82, 2.24) is 5.43 Å². The quantitative estimate of drug-likeness (QED) is 0.255. The summed E-state index contributed by atoms with van der Waals surface area (Å²) in [5.74, 6) is -0.247. The molecule has 0 saturated carbocycles. The van der Waals surface area contributed by atoms with Gasteiger partial charge in [0.1, 0.15) is 5.00 Å². The number of carbonyl (C=O) groups excluding carboxylic acids is 2. The van der Waals surface area contributed by atoms with Gasteiger partial charge in [-0.15, -0.1) is 0 Å². The van der Waals surface area contributed by atoms with E-state index in [0.29, 0.717) is 20.7 Å². The largest absolute Gasteiger partial charge is 0.449 e. The zero-order valence-corrected chi connectivity index (χ0v) is 18.2. The molecule has 0 unspecified atom stereocenters. The lowest BCUT2D eigenvalue weighted by Gasteiger charge is -2.11. The number of thiophene rings is 1. The van der Waals surface area contributed by atoms with Crippen molar-refractivity contribution in [2.24, 2.45) is 0 Å². The maximum absolute atomic E-state index is 12.5. The first-order valence-electron chi connectivity index (χ1n) is 9.36. The first kappa shape index (κ1) is 22.1. The van der Waals surface area contributed by atoms with Gasteiger partial charge in [-0.2, -0.15) is 0 Å². The first-order chi connectivity index (χ1) is 15.0. The first-order valence-corrected chi connectivity index (χ1v) is 10.6. The average Bonchev–Trinajstić information content (AvgIpc) is 3.21. The Morgan fingerprint density at radius 2 is 1.52 bits per heavy atom. The summed E-state index contributed by atoms with van der Waals surface area (Å²) < 4.78 is 4.76. The van der Waals surface area contributed by atoms with Gasteiger partial charge in [-0.3, -0.25) is 10.2 Å². The zero-order valence-electron chi connectivity index (χ0n) is 16.6. The number of thiocarbonyl (C=S) groups is 1. The Kier molecular flexibility index (Phi) is 7.79. The van der Waals surface area contributed by atoms with Crippen molar-refractivity contribution < 1.29 is 14.3 Å². The fourth-order valence-corrected chi connectivity index (χ4v) is 3.45. The number of amides is 2. The number of rotatable bonds is 7. The van der Waals surface area contributed by atoms with Crippen LogP contribution in [0.25, 0.3) is 0 Å². The van der Waals surface area contributed by atoms with Crippen LogP contribution in [-0.2, 0) is 4.74 Å². The minimum atomic E-state index is -0.575. The molecule has 0 bridgehead atoms. The number of benzene rings is 2. The Labute approximate surface area is 189 Å². The van der Waals surface area contributed by atoms with Gasteiger partial charge in [-0.05, 0) is 67.7 Å². The molecule has 3 rings (SSSR count). The third-order valence-corrected chi connectivity index (χ3v) is 4.96. The Hall–Kier alpha value is -3.63. The van der Waals surface area contributed by atoms with E-state index >= 15 is 0 Å². The van der Waals surface area contributed by atoms with Gasteiger partial charge >= 0.3 is 6.09 Å². The number of nitrogens with one attached hydrogen (secondary N) is 5. The van der Waals surface area contributed by atoms with Crippen LogP contribution in [0.15, 0.2) is 66.7 Å². The van der Waals surface area contributed by atoms with E-state index < -0.39 is 6.09 Å². The summed E-state index contributed by atoms with van der Waals surface area (Å²) in [6.07, 6.45) is -0.575. The minimum Gasteiger partial charge on any atom is -0.449 e. The lowest BCUT2D eigenvalue weighted by molar-refractivity contribution is 0.102. The van der Waals surface area contributed by atoms with Gasteiger partial charge in [0, 0.05) is 16.9 Å². The summed E-state index contributed by atoms with van der Waals surface area (Å²) >= 11 is 6.58. The minimum absolute atomic E-state index is 0.247. The Bertz CT molecular complexity index is 1040. The Morgan fingerprint density at radius 3 is 2.19 bits per heavy atom. The summed E-state index contributed by atoms with van der Waals surface area (Å²) in [6.45, 7) is 2.00. The van der Waals surface area contributed by atoms with Crippen LogP contribution >= 0.6 is 23.6 Å². The van der Waals surface area contributed by atoms with Gasteiger partial charge in [-0.1, -0.05) is 29.5 Å². The molecule has 0 aliphatic heterocycles. The number of ether oxygens (including phenoxy) is 1. The van der Waals surface area contributed by atoms with Gasteiger partial charge in [0.2, 0.25) is 0 Å². The van der Waals surface area contributed by atoms with E-state index in [4.69, 9.17) is 17.0 Å². The molecule has 0 saturated heterocycles. The molecule has 0 spiro atoms. The molecule has 8 nitrogen and oxygen atoms in total. The molecule has 31 heavy (non-hydrogen) atoms. The molecule has 0 aliphatic rings. The normalized spacial score (nSPS) is 9.97. The maximum Gasteiger partial charge on any atom is 0.425 e. The van der Waals surface area contributed by atoms with Crippen LogP contribution in [0.2, 0.25) is 0 Å². The molecule has 1 aromatic heterocycles. The molecule has 3 aromatic rings. The molecule has 0 fully saturated rings. The van der Waals surface area contributed by atoms with Crippen molar-refractivity contribution in [2.45, 2.75) is 6.92 Å². The predicted octanol–water partition coefficient (Wildman–Crippen LogP) is 4.88. The summed E-state index contributed by atoms with van der Waals surface area (Å²) in [5, 5.41) is 10.7. The SMILES string of the molecule is CCOC(=O)NNc1ccc(NC(=O)c2ccc(NC(=S)Nc3ccccc3)cc2)s1. The fourth-order valence-electron chi connectivity index (χ4n) is 2.46. The van der Waals surface area contributed by atoms with Crippen molar-refractivity contribution in [1.29, 1.82) is 0 Å². The van der Waals surface area contributed by atoms with Crippen molar-refractivity contribution >= 4 is 62.0 Å². The van der Waals surface area contributed by atoms with Crippen molar-refractivity contribution in [3.05, 3.63) is 72.3 Å². The third kappa shape index (κ3) is 6.98. The van der Waals surface area contributed by atoms with Crippen LogP contribution in [0.3, 0.4) is 0 Å². The Morgan fingerprint density at radius 1 is 0.871 bits per heavy atom. The highest BCUT2D eigenvalue weighted by Crippen LogP contribution is 2.26. The molecule has 2 aromatic carbocycles. The number of anilines is 4. The van der Waals surface area contributed by atoms with Crippen LogP contribution in [-0.4, -0.2) is 23.7 Å². The van der Waals surface area contributed by atoms with E-state index in [1.807, 2.05) is 30.3 Å². The molecular formula is C21H21N5O3S2. The van der Waals surface area contributed by atoms with Crippen LogP contribution in [0, 0.1) is 0 Å². The van der Waals surface area contributed by atoms with Gasteiger partial charge in [0.25, 0.3) is 5.91 Å². The van der Waals surface area contributed by atoms with E-state index in [1.54, 1.807) is 43.3 Å². The highest BCUT2D eigenvalue weighted by Gasteiger charge is 2.09. The lowest BCUT2D eigenvalue weighted by Crippen LogP contribution is -2.29. The molecule has 5 N–H and O–H groups in total. The number of hydrazine groups is 1. The smallest absolute Gasteiger partial charge is 0.425 e. The molecule has 160 valence electrons. The summed E-state index contributed by atoms with van der Waals surface area (Å²) in [5.41, 5.74) is 7.27. The number of hydrogen-bond donors (Lipinski definition) is 5. The Balaban J connectivity index is 1.50. The van der Waals surface area contributed by atoms with Gasteiger partial charge in [0.15, 0.2) is 5.11 Å². The zero-order chi connectivity index (χ0) is 22.1. The standard InChI is InChI=1S/C21H21N5O3S2/c1-2-29-21(28)26-25-18-13-12-17(31-18)24-19(27)14-8-10-16(11-9-14)23-20(30)22-15-6-4-3-5-7-15/h3-13,25H,2H2,1H3,(H,24,27)(H,26,28)(H2,22,23,30). The second-order valence-electron chi connectivity index (χ2n) is 6.11. The molecule has 1 heterocycles. The monoisotopic (exact) mass is 455 g/mol. The topological polar surface area (TPSA) is 104 Å². The molecule has 10 heteroatoms. The predicted molar refractivity (Wildman–Crippen MR) is 129 cm³/mol. The fraction of sp³-hybridized carbons (Fsp3) is 0.0952. The summed E-state index contributed by atoms with van der Waals surface area (Å²) in [4.78, 5) is 23.8. The van der Waals surface area contributed by atoms with Gasteiger partial charge < -0.3 is 20.7 Å². The average molecular weight is 456 g/mol. The molecule has 0 radical (unpaired) electrons. The second-order valence-corrected chi connectivity index (χ2v) is 7.60. The van der Waals surface area contributed by atoms with Crippen molar-refractivity contribution in [3.63, 3.8) is 0 Å². The number of para-hydroxylation sites is 1. The molecule has 2 amide bonds. The van der Waals surface area contributed by atoms with Crippen LogP contribution < -0.4 is 26.8 Å². The van der Waals surface area contributed by atoms with Crippen molar-refractivity contribution in [3.8, 4) is 0 Å². The van der Waals surface area contributed by atoms with Crippen LogP contribution in [0.5, 0.6) is 0 Å². The van der Waals surface area contributed by atoms with E-state index in [9.17, 15) is 9.59 Å². The molecular weight excluding hydrogens is 434 g/mol. The summed E-state index contributed by atoms with van der Waals surface area (Å²) in [6, 6.07) is 20.0.